The van der Waals surface area contributed by atoms with Crippen molar-refractivity contribution < 1.29 is 4.74 Å². The van der Waals surface area contributed by atoms with Gasteiger partial charge in [-0.15, -0.1) is 0 Å². The number of rotatable bonds is 2. The highest BCUT2D eigenvalue weighted by molar-refractivity contribution is 5.39. The lowest BCUT2D eigenvalue weighted by Gasteiger charge is -2.17. The fraction of sp³-hybridized carbons (Fsp3) is 0.200. The predicted octanol–water partition coefficient (Wildman–Crippen LogP) is 3.12. The van der Waals surface area contributed by atoms with Crippen LogP contribution in [0.1, 0.15) is 11.1 Å². The minimum absolute atomic E-state index is 0.890. The summed E-state index contributed by atoms with van der Waals surface area (Å²) in [5.74, 6) is 1.82. The van der Waals surface area contributed by atoms with E-state index in [0.717, 1.165) is 31.0 Å². The zero-order valence-corrected chi connectivity index (χ0v) is 9.65. The Kier molecular flexibility index (Phi) is 2.80. The highest BCUT2D eigenvalue weighted by Gasteiger charge is 2.09. The summed E-state index contributed by atoms with van der Waals surface area (Å²) in [4.78, 5) is 0. The third kappa shape index (κ3) is 2.32. The van der Waals surface area contributed by atoms with Crippen LogP contribution in [0.15, 0.2) is 48.5 Å². The molecular formula is C15H15NO. The molecule has 2 heteroatoms. The van der Waals surface area contributed by atoms with Crippen molar-refractivity contribution in [1.82, 2.24) is 5.32 Å². The molecule has 0 unspecified atom stereocenters. The average Bonchev–Trinajstić information content (AvgIpc) is 2.40. The van der Waals surface area contributed by atoms with Gasteiger partial charge in [0.25, 0.3) is 0 Å². The maximum atomic E-state index is 5.82. The highest BCUT2D eigenvalue weighted by atomic mass is 16.5. The molecule has 17 heavy (non-hydrogen) atoms. The maximum Gasteiger partial charge on any atom is 0.127 e. The van der Waals surface area contributed by atoms with Gasteiger partial charge in [-0.1, -0.05) is 24.3 Å². The lowest BCUT2D eigenvalue weighted by Crippen LogP contribution is -2.23. The minimum Gasteiger partial charge on any atom is -0.457 e. The van der Waals surface area contributed by atoms with E-state index < -0.39 is 0 Å². The molecule has 2 aromatic carbocycles. The lowest BCUT2D eigenvalue weighted by molar-refractivity contribution is 0.480. The molecule has 1 N–H and O–H groups in total. The predicted molar refractivity (Wildman–Crippen MR) is 68.4 cm³/mol. The van der Waals surface area contributed by atoms with E-state index in [9.17, 15) is 0 Å². The summed E-state index contributed by atoms with van der Waals surface area (Å²) >= 11 is 0. The van der Waals surface area contributed by atoms with Crippen LogP contribution in [-0.2, 0) is 13.0 Å². The molecule has 1 aliphatic rings. The molecule has 0 saturated carbocycles. The van der Waals surface area contributed by atoms with Gasteiger partial charge in [-0.2, -0.15) is 0 Å². The molecule has 0 saturated heterocycles. The largest absolute Gasteiger partial charge is 0.457 e. The van der Waals surface area contributed by atoms with E-state index in [1.807, 2.05) is 36.4 Å². The number of nitrogens with one attached hydrogen (secondary N) is 1. The van der Waals surface area contributed by atoms with Crippen molar-refractivity contribution in [2.24, 2.45) is 0 Å². The SMILES string of the molecule is c1ccc(Oc2ccc3c(c2)CCNC3)cc1. The molecule has 2 aromatic rings. The van der Waals surface area contributed by atoms with E-state index in [0.29, 0.717) is 0 Å². The topological polar surface area (TPSA) is 21.3 Å². The van der Waals surface area contributed by atoms with Crippen LogP contribution in [0.25, 0.3) is 0 Å². The van der Waals surface area contributed by atoms with Crippen molar-refractivity contribution >= 4 is 0 Å². The molecule has 0 bridgehead atoms. The van der Waals surface area contributed by atoms with Crippen molar-refractivity contribution in [3.05, 3.63) is 59.7 Å². The van der Waals surface area contributed by atoms with Crippen molar-refractivity contribution in [1.29, 1.82) is 0 Å². The third-order valence-electron chi connectivity index (χ3n) is 3.04. The van der Waals surface area contributed by atoms with Gasteiger partial charge in [0.15, 0.2) is 0 Å². The van der Waals surface area contributed by atoms with E-state index in [2.05, 4.69) is 17.4 Å². The summed E-state index contributed by atoms with van der Waals surface area (Å²) in [5, 5.41) is 3.37. The minimum atomic E-state index is 0.890. The first-order chi connectivity index (χ1) is 8.42. The number of hydrogen-bond acceptors (Lipinski definition) is 2. The van der Waals surface area contributed by atoms with Gasteiger partial charge in [0.05, 0.1) is 0 Å². The lowest BCUT2D eigenvalue weighted by atomic mass is 10.0. The van der Waals surface area contributed by atoms with Gasteiger partial charge in [0, 0.05) is 6.54 Å². The molecule has 0 atom stereocenters. The van der Waals surface area contributed by atoms with Gasteiger partial charge in [-0.25, -0.2) is 0 Å². The van der Waals surface area contributed by atoms with Gasteiger partial charge in [-0.3, -0.25) is 0 Å². The Balaban J connectivity index is 1.84. The van der Waals surface area contributed by atoms with Crippen LogP contribution in [0.4, 0.5) is 0 Å². The Morgan fingerprint density at radius 1 is 0.882 bits per heavy atom. The zero-order valence-electron chi connectivity index (χ0n) is 9.65. The van der Waals surface area contributed by atoms with Gasteiger partial charge in [0.2, 0.25) is 0 Å². The fourth-order valence-corrected chi connectivity index (χ4v) is 2.14. The molecule has 0 aromatic heterocycles. The standard InChI is InChI=1S/C15H15NO/c1-2-4-14(5-3-1)17-15-7-6-13-11-16-9-8-12(13)10-15/h1-7,10,16H,8-9,11H2. The van der Waals surface area contributed by atoms with Crippen LogP contribution in [0.2, 0.25) is 0 Å². The molecule has 2 nitrogen and oxygen atoms in total. The molecule has 3 rings (SSSR count). The molecule has 1 aliphatic heterocycles. The Morgan fingerprint density at radius 3 is 2.65 bits per heavy atom. The summed E-state index contributed by atoms with van der Waals surface area (Å²) in [7, 11) is 0. The third-order valence-corrected chi connectivity index (χ3v) is 3.04. The van der Waals surface area contributed by atoms with Gasteiger partial charge in [-0.05, 0) is 48.4 Å². The van der Waals surface area contributed by atoms with E-state index >= 15 is 0 Å². The summed E-state index contributed by atoms with van der Waals surface area (Å²) in [5.41, 5.74) is 2.79. The second-order valence-corrected chi connectivity index (χ2v) is 4.27. The zero-order chi connectivity index (χ0) is 11.5. The van der Waals surface area contributed by atoms with Crippen molar-refractivity contribution in [3.8, 4) is 11.5 Å². The van der Waals surface area contributed by atoms with Crippen molar-refractivity contribution in [3.63, 3.8) is 0 Å². The van der Waals surface area contributed by atoms with Crippen LogP contribution in [0, 0.1) is 0 Å². The van der Waals surface area contributed by atoms with E-state index in [-0.39, 0.29) is 0 Å². The molecule has 0 aliphatic carbocycles. The summed E-state index contributed by atoms with van der Waals surface area (Å²) in [6.45, 7) is 2.03. The first-order valence-corrected chi connectivity index (χ1v) is 5.97. The van der Waals surface area contributed by atoms with Crippen LogP contribution in [0.3, 0.4) is 0 Å². The molecule has 1 heterocycles. The Labute approximate surface area is 101 Å². The van der Waals surface area contributed by atoms with Crippen molar-refractivity contribution in [2.75, 3.05) is 6.54 Å². The maximum absolute atomic E-state index is 5.82. The number of fused-ring (bicyclic) bond motifs is 1. The van der Waals surface area contributed by atoms with Crippen molar-refractivity contribution in [2.45, 2.75) is 13.0 Å². The van der Waals surface area contributed by atoms with Gasteiger partial charge >= 0.3 is 0 Å². The fourth-order valence-electron chi connectivity index (χ4n) is 2.14. The first-order valence-electron chi connectivity index (χ1n) is 5.97. The van der Waals surface area contributed by atoms with Crippen LogP contribution >= 0.6 is 0 Å². The Bertz CT molecular complexity index is 508. The summed E-state index contributed by atoms with van der Waals surface area (Å²) in [6, 6.07) is 16.3. The highest BCUT2D eigenvalue weighted by Crippen LogP contribution is 2.25. The number of benzene rings is 2. The Morgan fingerprint density at radius 2 is 1.76 bits per heavy atom. The van der Waals surface area contributed by atoms with Crippen LogP contribution in [-0.4, -0.2) is 6.54 Å². The molecule has 0 radical (unpaired) electrons. The second-order valence-electron chi connectivity index (χ2n) is 4.27. The van der Waals surface area contributed by atoms with Crippen LogP contribution in [0.5, 0.6) is 11.5 Å². The smallest absolute Gasteiger partial charge is 0.127 e. The molecule has 86 valence electrons. The summed E-state index contributed by atoms with van der Waals surface area (Å²) in [6.07, 6.45) is 1.08. The van der Waals surface area contributed by atoms with Gasteiger partial charge in [0.1, 0.15) is 11.5 Å². The molecule has 0 fully saturated rings. The normalized spacial score (nSPS) is 14.1. The molecule has 0 amide bonds. The molecular weight excluding hydrogens is 210 g/mol. The monoisotopic (exact) mass is 225 g/mol. The second kappa shape index (κ2) is 4.60. The van der Waals surface area contributed by atoms with E-state index in [1.54, 1.807) is 0 Å². The van der Waals surface area contributed by atoms with E-state index in [1.165, 1.54) is 11.1 Å². The number of hydrogen-bond donors (Lipinski definition) is 1. The van der Waals surface area contributed by atoms with Gasteiger partial charge < -0.3 is 10.1 Å². The van der Waals surface area contributed by atoms with Crippen LogP contribution < -0.4 is 10.1 Å². The van der Waals surface area contributed by atoms with E-state index in [4.69, 9.17) is 4.74 Å². The average molecular weight is 225 g/mol. The summed E-state index contributed by atoms with van der Waals surface area (Å²) < 4.78 is 5.82. The quantitative estimate of drug-likeness (QED) is 0.847. The molecule has 0 spiro atoms. The number of para-hydroxylation sites is 1. The first kappa shape index (κ1) is 10.4. The number of ether oxygens (including phenoxy) is 1. The Hall–Kier alpha value is -1.80.